The highest BCUT2D eigenvalue weighted by Gasteiger charge is 2.30. The molecule has 2 rings (SSSR count). The molecule has 0 aliphatic heterocycles. The summed E-state index contributed by atoms with van der Waals surface area (Å²) in [5.41, 5.74) is 1.27. The monoisotopic (exact) mass is 377 g/mol. The van der Waals surface area contributed by atoms with Gasteiger partial charge in [-0.25, -0.2) is 0 Å². The third-order valence-electron chi connectivity index (χ3n) is 4.35. The van der Waals surface area contributed by atoms with Gasteiger partial charge in [0.15, 0.2) is 5.78 Å². The van der Waals surface area contributed by atoms with Crippen molar-refractivity contribution in [2.45, 2.75) is 45.3 Å². The molecular formula is C21H22F3NO2. The fourth-order valence-electron chi connectivity index (χ4n) is 2.68. The molecule has 1 atom stereocenters. The summed E-state index contributed by atoms with van der Waals surface area (Å²) in [6, 6.07) is 11.5. The van der Waals surface area contributed by atoms with Gasteiger partial charge >= 0.3 is 6.18 Å². The predicted octanol–water partition coefficient (Wildman–Crippen LogP) is 5.11. The molecule has 0 aliphatic carbocycles. The summed E-state index contributed by atoms with van der Waals surface area (Å²) in [5.74, 6) is -0.516. The molecule has 144 valence electrons. The summed E-state index contributed by atoms with van der Waals surface area (Å²) in [7, 11) is 0. The summed E-state index contributed by atoms with van der Waals surface area (Å²) in [4.78, 5) is 24.2. The molecule has 27 heavy (non-hydrogen) atoms. The van der Waals surface area contributed by atoms with Crippen LogP contribution in [0, 0.1) is 0 Å². The highest BCUT2D eigenvalue weighted by molar-refractivity contribution is 5.98. The van der Waals surface area contributed by atoms with Gasteiger partial charge in [0.25, 0.3) is 0 Å². The Morgan fingerprint density at radius 1 is 1.04 bits per heavy atom. The SMILES string of the molecule is CCc1ccc(C(=O)CCC(=O)NC(C)c2cccc(C(F)(F)F)c2)cc1. The smallest absolute Gasteiger partial charge is 0.350 e. The molecule has 0 aromatic heterocycles. The lowest BCUT2D eigenvalue weighted by molar-refractivity contribution is -0.137. The molecule has 0 saturated heterocycles. The molecule has 0 fully saturated rings. The van der Waals surface area contributed by atoms with E-state index in [9.17, 15) is 22.8 Å². The van der Waals surface area contributed by atoms with Crippen LogP contribution in [-0.2, 0) is 17.4 Å². The van der Waals surface area contributed by atoms with E-state index in [1.54, 1.807) is 19.1 Å². The van der Waals surface area contributed by atoms with Crippen LogP contribution in [0.1, 0.15) is 59.8 Å². The number of hydrogen-bond donors (Lipinski definition) is 1. The van der Waals surface area contributed by atoms with Crippen LogP contribution in [0.3, 0.4) is 0 Å². The van der Waals surface area contributed by atoms with Gasteiger partial charge in [-0.05, 0) is 36.6 Å². The maximum atomic E-state index is 12.8. The predicted molar refractivity (Wildman–Crippen MR) is 97.4 cm³/mol. The Hall–Kier alpha value is -2.63. The van der Waals surface area contributed by atoms with Crippen molar-refractivity contribution in [1.29, 1.82) is 0 Å². The second kappa shape index (κ2) is 8.84. The molecule has 0 radical (unpaired) electrons. The van der Waals surface area contributed by atoms with Crippen LogP contribution < -0.4 is 5.32 Å². The first-order valence-corrected chi connectivity index (χ1v) is 8.79. The molecule has 1 unspecified atom stereocenters. The Morgan fingerprint density at radius 2 is 1.70 bits per heavy atom. The molecule has 6 heteroatoms. The minimum atomic E-state index is -4.43. The van der Waals surface area contributed by atoms with Gasteiger partial charge in [-0.1, -0.05) is 43.3 Å². The topological polar surface area (TPSA) is 46.2 Å². The van der Waals surface area contributed by atoms with E-state index in [0.717, 1.165) is 24.1 Å². The van der Waals surface area contributed by atoms with Gasteiger partial charge in [0.2, 0.25) is 5.91 Å². The zero-order valence-electron chi connectivity index (χ0n) is 15.3. The Kier molecular flexibility index (Phi) is 6.77. The van der Waals surface area contributed by atoms with Crippen molar-refractivity contribution in [2.24, 2.45) is 0 Å². The van der Waals surface area contributed by atoms with Crippen molar-refractivity contribution in [1.82, 2.24) is 5.32 Å². The minimum absolute atomic E-state index is 0.0162. The number of benzene rings is 2. The zero-order chi connectivity index (χ0) is 20.0. The summed E-state index contributed by atoms with van der Waals surface area (Å²) in [5, 5.41) is 2.64. The number of nitrogens with one attached hydrogen (secondary N) is 1. The summed E-state index contributed by atoms with van der Waals surface area (Å²) in [6.07, 6.45) is -3.52. The molecule has 2 aromatic rings. The van der Waals surface area contributed by atoms with E-state index in [-0.39, 0.29) is 24.5 Å². The van der Waals surface area contributed by atoms with Crippen molar-refractivity contribution in [3.05, 3.63) is 70.8 Å². The molecule has 2 aromatic carbocycles. The summed E-state index contributed by atoms with van der Waals surface area (Å²) in [6.45, 7) is 3.63. The van der Waals surface area contributed by atoms with Crippen LogP contribution in [-0.4, -0.2) is 11.7 Å². The first-order valence-electron chi connectivity index (χ1n) is 8.79. The van der Waals surface area contributed by atoms with Crippen molar-refractivity contribution in [3.63, 3.8) is 0 Å². The van der Waals surface area contributed by atoms with E-state index >= 15 is 0 Å². The molecule has 0 aliphatic rings. The quantitative estimate of drug-likeness (QED) is 0.682. The zero-order valence-corrected chi connectivity index (χ0v) is 15.3. The third kappa shape index (κ3) is 5.94. The Morgan fingerprint density at radius 3 is 2.30 bits per heavy atom. The number of amides is 1. The van der Waals surface area contributed by atoms with Gasteiger partial charge in [0, 0.05) is 18.4 Å². The van der Waals surface area contributed by atoms with Crippen molar-refractivity contribution in [3.8, 4) is 0 Å². The largest absolute Gasteiger partial charge is 0.416 e. The minimum Gasteiger partial charge on any atom is -0.350 e. The molecule has 0 saturated carbocycles. The number of rotatable bonds is 7. The third-order valence-corrected chi connectivity index (χ3v) is 4.35. The number of Topliss-reactive ketones (excluding diaryl/α,β-unsaturated/α-hetero) is 1. The lowest BCUT2D eigenvalue weighted by atomic mass is 10.0. The molecule has 0 spiro atoms. The lowest BCUT2D eigenvalue weighted by Gasteiger charge is -2.16. The number of ketones is 1. The Labute approximate surface area is 156 Å². The first kappa shape index (κ1) is 20.7. The van der Waals surface area contributed by atoms with E-state index in [0.29, 0.717) is 11.1 Å². The maximum absolute atomic E-state index is 12.8. The van der Waals surface area contributed by atoms with Crippen LogP contribution >= 0.6 is 0 Å². The summed E-state index contributed by atoms with van der Waals surface area (Å²) >= 11 is 0. The van der Waals surface area contributed by atoms with Gasteiger partial charge in [0.05, 0.1) is 11.6 Å². The van der Waals surface area contributed by atoms with Crippen LogP contribution in [0.4, 0.5) is 13.2 Å². The van der Waals surface area contributed by atoms with E-state index < -0.39 is 17.8 Å². The Balaban J connectivity index is 1.90. The number of aryl methyl sites for hydroxylation is 1. The lowest BCUT2D eigenvalue weighted by Crippen LogP contribution is -2.27. The highest BCUT2D eigenvalue weighted by Crippen LogP contribution is 2.30. The van der Waals surface area contributed by atoms with Crippen molar-refractivity contribution >= 4 is 11.7 Å². The van der Waals surface area contributed by atoms with Crippen LogP contribution in [0.15, 0.2) is 48.5 Å². The van der Waals surface area contributed by atoms with E-state index in [1.165, 1.54) is 12.1 Å². The molecule has 1 N–H and O–H groups in total. The molecule has 3 nitrogen and oxygen atoms in total. The molecule has 0 bridgehead atoms. The van der Waals surface area contributed by atoms with E-state index in [1.807, 2.05) is 19.1 Å². The van der Waals surface area contributed by atoms with Crippen LogP contribution in [0.5, 0.6) is 0 Å². The summed E-state index contributed by atoms with van der Waals surface area (Å²) < 4.78 is 38.4. The second-order valence-electron chi connectivity index (χ2n) is 6.39. The average Bonchev–Trinajstić information content (AvgIpc) is 2.65. The van der Waals surface area contributed by atoms with Gasteiger partial charge < -0.3 is 5.32 Å². The van der Waals surface area contributed by atoms with Crippen LogP contribution in [0.25, 0.3) is 0 Å². The van der Waals surface area contributed by atoms with Gasteiger partial charge in [0.1, 0.15) is 0 Å². The van der Waals surface area contributed by atoms with Crippen LogP contribution in [0.2, 0.25) is 0 Å². The first-order chi connectivity index (χ1) is 12.7. The van der Waals surface area contributed by atoms with Gasteiger partial charge in [-0.2, -0.15) is 13.2 Å². The number of carbonyl (C=O) groups excluding carboxylic acids is 2. The number of carbonyl (C=O) groups is 2. The molecule has 0 heterocycles. The number of alkyl halides is 3. The normalized spacial score (nSPS) is 12.5. The maximum Gasteiger partial charge on any atom is 0.416 e. The highest BCUT2D eigenvalue weighted by atomic mass is 19.4. The second-order valence-corrected chi connectivity index (χ2v) is 6.39. The standard InChI is InChI=1S/C21H22F3NO2/c1-3-15-7-9-16(10-8-15)19(26)11-12-20(27)25-14(2)17-5-4-6-18(13-17)21(22,23)24/h4-10,13-14H,3,11-12H2,1-2H3,(H,25,27). The fourth-order valence-corrected chi connectivity index (χ4v) is 2.68. The average molecular weight is 377 g/mol. The number of hydrogen-bond acceptors (Lipinski definition) is 2. The molecular weight excluding hydrogens is 355 g/mol. The number of halogens is 3. The Bertz CT molecular complexity index is 798. The van der Waals surface area contributed by atoms with Crippen molar-refractivity contribution < 1.29 is 22.8 Å². The van der Waals surface area contributed by atoms with Crippen molar-refractivity contribution in [2.75, 3.05) is 0 Å². The van der Waals surface area contributed by atoms with E-state index in [4.69, 9.17) is 0 Å². The van der Waals surface area contributed by atoms with Gasteiger partial charge in [-0.15, -0.1) is 0 Å². The van der Waals surface area contributed by atoms with E-state index in [2.05, 4.69) is 5.32 Å². The molecule has 1 amide bonds. The fraction of sp³-hybridized carbons (Fsp3) is 0.333. The van der Waals surface area contributed by atoms with Gasteiger partial charge in [-0.3, -0.25) is 9.59 Å².